The molecular weight excluding hydrogens is 310 g/mol. The van der Waals surface area contributed by atoms with Crippen molar-refractivity contribution in [3.8, 4) is 5.75 Å². The van der Waals surface area contributed by atoms with Gasteiger partial charge in [-0.2, -0.15) is 0 Å². The van der Waals surface area contributed by atoms with Gasteiger partial charge < -0.3 is 19.9 Å². The molecule has 2 N–H and O–H groups in total. The molecule has 0 unspecified atom stereocenters. The van der Waals surface area contributed by atoms with Crippen molar-refractivity contribution in [2.24, 2.45) is 0 Å². The molecule has 24 heavy (non-hydrogen) atoms. The molecule has 0 saturated carbocycles. The Balaban J connectivity index is 1.70. The van der Waals surface area contributed by atoms with Crippen molar-refractivity contribution in [2.45, 2.75) is 6.92 Å². The van der Waals surface area contributed by atoms with Crippen LogP contribution in [-0.2, 0) is 0 Å². The second kappa shape index (κ2) is 6.78. The van der Waals surface area contributed by atoms with E-state index in [0.717, 1.165) is 5.69 Å². The normalized spacial score (nSPS) is 10.2. The Kier molecular flexibility index (Phi) is 4.37. The number of carbonyl (C=O) groups excluding carboxylic acids is 1. The van der Waals surface area contributed by atoms with Crippen LogP contribution in [0.5, 0.6) is 5.75 Å². The molecule has 3 aromatic rings. The number of para-hydroxylation sites is 2. The molecule has 8 heteroatoms. The van der Waals surface area contributed by atoms with Crippen molar-refractivity contribution in [1.29, 1.82) is 0 Å². The van der Waals surface area contributed by atoms with Crippen molar-refractivity contribution >= 4 is 23.2 Å². The van der Waals surface area contributed by atoms with Crippen LogP contribution in [0, 0.1) is 6.92 Å². The summed E-state index contributed by atoms with van der Waals surface area (Å²) in [5, 5.41) is 17.3. The zero-order valence-corrected chi connectivity index (χ0v) is 13.1. The number of nitrogens with one attached hydrogen (secondary N) is 2. The molecule has 0 saturated heterocycles. The van der Waals surface area contributed by atoms with E-state index in [-0.39, 0.29) is 5.69 Å². The van der Waals surface area contributed by atoms with Crippen LogP contribution in [0.2, 0.25) is 0 Å². The molecular formula is C16H15N5O3. The van der Waals surface area contributed by atoms with Gasteiger partial charge in [0.25, 0.3) is 5.91 Å². The number of hydrogen-bond donors (Lipinski definition) is 2. The predicted octanol–water partition coefficient (Wildman–Crippen LogP) is 2.78. The maximum absolute atomic E-state index is 12.1. The van der Waals surface area contributed by atoms with Crippen molar-refractivity contribution in [2.75, 3.05) is 17.7 Å². The van der Waals surface area contributed by atoms with Gasteiger partial charge in [0.2, 0.25) is 0 Å². The minimum absolute atomic E-state index is 0.168. The van der Waals surface area contributed by atoms with E-state index in [4.69, 9.17) is 9.26 Å². The average molecular weight is 325 g/mol. The molecule has 0 bridgehead atoms. The van der Waals surface area contributed by atoms with Crippen LogP contribution in [0.25, 0.3) is 0 Å². The zero-order chi connectivity index (χ0) is 16.9. The Bertz CT molecular complexity index is 845. The third kappa shape index (κ3) is 3.49. The standard InChI is InChI=1S/C16H15N5O3/c1-10-9-15(21-24-10)18-16(22)12-7-8-14(20-19-12)17-11-5-3-4-6-13(11)23-2/h3-9H,1-2H3,(H,17,20)(H,18,21,22). The summed E-state index contributed by atoms with van der Waals surface area (Å²) in [7, 11) is 1.59. The topological polar surface area (TPSA) is 102 Å². The molecule has 0 aliphatic heterocycles. The first kappa shape index (κ1) is 15.5. The Morgan fingerprint density at radius 3 is 2.62 bits per heavy atom. The van der Waals surface area contributed by atoms with E-state index in [1.54, 1.807) is 32.2 Å². The van der Waals surface area contributed by atoms with Crippen molar-refractivity contribution in [3.63, 3.8) is 0 Å². The van der Waals surface area contributed by atoms with Gasteiger partial charge in [0.05, 0.1) is 12.8 Å². The summed E-state index contributed by atoms with van der Waals surface area (Å²) in [6.45, 7) is 1.74. The van der Waals surface area contributed by atoms with Gasteiger partial charge in [0.15, 0.2) is 17.3 Å². The van der Waals surface area contributed by atoms with Gasteiger partial charge in [-0.3, -0.25) is 4.79 Å². The largest absolute Gasteiger partial charge is 0.495 e. The fourth-order valence-electron chi connectivity index (χ4n) is 2.01. The first-order chi connectivity index (χ1) is 11.7. The molecule has 1 aromatic carbocycles. The second-order valence-electron chi connectivity index (χ2n) is 4.91. The minimum Gasteiger partial charge on any atom is -0.495 e. The first-order valence-electron chi connectivity index (χ1n) is 7.14. The lowest BCUT2D eigenvalue weighted by Crippen LogP contribution is -2.14. The number of aryl methyl sites for hydroxylation is 1. The van der Waals surface area contributed by atoms with Crippen molar-refractivity contribution < 1.29 is 14.1 Å². The highest BCUT2D eigenvalue weighted by Gasteiger charge is 2.11. The molecule has 0 fully saturated rings. The molecule has 0 aliphatic carbocycles. The van der Waals surface area contributed by atoms with Crippen molar-refractivity contribution in [1.82, 2.24) is 15.4 Å². The lowest BCUT2D eigenvalue weighted by Gasteiger charge is -2.09. The molecule has 0 atom stereocenters. The lowest BCUT2D eigenvalue weighted by molar-refractivity contribution is 0.102. The summed E-state index contributed by atoms with van der Waals surface area (Å²) in [5.74, 6) is 1.69. The van der Waals surface area contributed by atoms with Gasteiger partial charge in [0, 0.05) is 6.07 Å². The molecule has 0 aliphatic rings. The molecule has 8 nitrogen and oxygen atoms in total. The number of methoxy groups -OCH3 is 1. The lowest BCUT2D eigenvalue weighted by atomic mass is 10.3. The Labute approximate surface area is 137 Å². The maximum Gasteiger partial charge on any atom is 0.277 e. The van der Waals surface area contributed by atoms with Crippen LogP contribution >= 0.6 is 0 Å². The predicted molar refractivity (Wildman–Crippen MR) is 87.5 cm³/mol. The molecule has 1 amide bonds. The number of aromatic nitrogens is 3. The average Bonchev–Trinajstić information content (AvgIpc) is 3.01. The molecule has 0 radical (unpaired) electrons. The smallest absolute Gasteiger partial charge is 0.277 e. The van der Waals surface area contributed by atoms with Crippen LogP contribution in [0.4, 0.5) is 17.3 Å². The van der Waals surface area contributed by atoms with Gasteiger partial charge in [-0.05, 0) is 31.2 Å². The number of carbonyl (C=O) groups is 1. The van der Waals surface area contributed by atoms with E-state index in [0.29, 0.717) is 23.1 Å². The highest BCUT2D eigenvalue weighted by molar-refractivity contribution is 6.02. The van der Waals surface area contributed by atoms with E-state index in [9.17, 15) is 4.79 Å². The Morgan fingerprint density at radius 1 is 1.12 bits per heavy atom. The summed E-state index contributed by atoms with van der Waals surface area (Å²) in [4.78, 5) is 12.1. The number of amides is 1. The van der Waals surface area contributed by atoms with E-state index >= 15 is 0 Å². The molecule has 122 valence electrons. The first-order valence-corrected chi connectivity index (χ1v) is 7.14. The third-order valence-electron chi connectivity index (χ3n) is 3.14. The number of benzene rings is 1. The van der Waals surface area contributed by atoms with Gasteiger partial charge in [0.1, 0.15) is 11.5 Å². The monoisotopic (exact) mass is 325 g/mol. The van der Waals surface area contributed by atoms with Gasteiger partial charge >= 0.3 is 0 Å². The fourth-order valence-corrected chi connectivity index (χ4v) is 2.01. The number of nitrogens with zero attached hydrogens (tertiary/aromatic N) is 3. The van der Waals surface area contributed by atoms with Crippen molar-refractivity contribution in [3.05, 3.63) is 53.9 Å². The van der Waals surface area contributed by atoms with E-state index in [1.807, 2.05) is 24.3 Å². The molecule has 0 spiro atoms. The van der Waals surface area contributed by atoms with E-state index in [2.05, 4.69) is 26.0 Å². The van der Waals surface area contributed by atoms with Gasteiger partial charge in [-0.1, -0.05) is 17.3 Å². The van der Waals surface area contributed by atoms with Gasteiger partial charge in [-0.25, -0.2) is 0 Å². The van der Waals surface area contributed by atoms with Crippen LogP contribution < -0.4 is 15.4 Å². The fraction of sp³-hybridized carbons (Fsp3) is 0.125. The molecule has 3 rings (SSSR count). The third-order valence-corrected chi connectivity index (χ3v) is 3.14. The van der Waals surface area contributed by atoms with E-state index < -0.39 is 5.91 Å². The minimum atomic E-state index is -0.417. The van der Waals surface area contributed by atoms with Gasteiger partial charge in [-0.15, -0.1) is 10.2 Å². The SMILES string of the molecule is COc1ccccc1Nc1ccc(C(=O)Nc2cc(C)on2)nn1. The summed E-state index contributed by atoms with van der Waals surface area (Å²) >= 11 is 0. The summed E-state index contributed by atoms with van der Waals surface area (Å²) in [5.41, 5.74) is 0.922. The van der Waals surface area contributed by atoms with Crippen LogP contribution in [-0.4, -0.2) is 28.4 Å². The summed E-state index contributed by atoms with van der Waals surface area (Å²) in [6, 6.07) is 12.3. The Hall–Kier alpha value is -3.42. The zero-order valence-electron chi connectivity index (χ0n) is 13.1. The Morgan fingerprint density at radius 2 is 1.96 bits per heavy atom. The number of anilines is 3. The summed E-state index contributed by atoms with van der Waals surface area (Å²) in [6.07, 6.45) is 0. The quantitative estimate of drug-likeness (QED) is 0.743. The molecule has 2 heterocycles. The van der Waals surface area contributed by atoms with E-state index in [1.165, 1.54) is 0 Å². The van der Waals surface area contributed by atoms with Crippen LogP contribution in [0.1, 0.15) is 16.2 Å². The molecule has 2 aromatic heterocycles. The highest BCUT2D eigenvalue weighted by atomic mass is 16.5. The number of rotatable bonds is 5. The number of ether oxygens (including phenoxy) is 1. The van der Waals surface area contributed by atoms with Crippen LogP contribution in [0.3, 0.4) is 0 Å². The number of hydrogen-bond acceptors (Lipinski definition) is 7. The summed E-state index contributed by atoms with van der Waals surface area (Å²) < 4.78 is 10.1. The van der Waals surface area contributed by atoms with Crippen LogP contribution in [0.15, 0.2) is 47.0 Å². The maximum atomic E-state index is 12.1. The highest BCUT2D eigenvalue weighted by Crippen LogP contribution is 2.25. The second-order valence-corrected chi connectivity index (χ2v) is 4.91.